The summed E-state index contributed by atoms with van der Waals surface area (Å²) in [6, 6.07) is 7.98. The van der Waals surface area contributed by atoms with E-state index in [9.17, 15) is 9.18 Å². The molecule has 1 aromatic carbocycles. The number of methoxy groups -OCH3 is 1. The number of aryl methyl sites for hydroxylation is 1. The van der Waals surface area contributed by atoms with E-state index in [1.54, 1.807) is 24.3 Å². The molecule has 0 bridgehead atoms. The lowest BCUT2D eigenvalue weighted by atomic mass is 10.1. The van der Waals surface area contributed by atoms with E-state index in [0.717, 1.165) is 5.56 Å². The third-order valence-corrected chi connectivity index (χ3v) is 3.19. The Morgan fingerprint density at radius 1 is 1.43 bits per heavy atom. The molecular weight excluding hydrogens is 295 g/mol. The Hall–Kier alpha value is -2.14. The zero-order chi connectivity index (χ0) is 15.2. The van der Waals surface area contributed by atoms with E-state index in [-0.39, 0.29) is 23.2 Å². The molecule has 0 unspecified atom stereocenters. The maximum Gasteiger partial charge on any atom is 0.224 e. The van der Waals surface area contributed by atoms with Gasteiger partial charge in [0, 0.05) is 12.6 Å². The summed E-state index contributed by atoms with van der Waals surface area (Å²) in [5, 5.41) is 2.90. The van der Waals surface area contributed by atoms with Crippen LogP contribution in [0.25, 0.3) is 0 Å². The number of benzene rings is 1. The molecule has 4 nitrogen and oxygen atoms in total. The van der Waals surface area contributed by atoms with Crippen molar-refractivity contribution < 1.29 is 13.9 Å². The first-order valence-corrected chi connectivity index (χ1v) is 6.70. The molecule has 0 radical (unpaired) electrons. The molecule has 0 saturated carbocycles. The van der Waals surface area contributed by atoms with Crippen molar-refractivity contribution in [2.24, 2.45) is 0 Å². The quantitative estimate of drug-likeness (QED) is 0.861. The van der Waals surface area contributed by atoms with Crippen LogP contribution in [0.5, 0.6) is 5.75 Å². The minimum absolute atomic E-state index is 0.186. The van der Waals surface area contributed by atoms with Gasteiger partial charge in [-0.1, -0.05) is 17.7 Å². The van der Waals surface area contributed by atoms with Crippen LogP contribution in [0, 0.1) is 5.82 Å². The first kappa shape index (κ1) is 15.3. The Bertz CT molecular complexity index is 649. The van der Waals surface area contributed by atoms with Gasteiger partial charge in [-0.2, -0.15) is 0 Å². The average molecular weight is 309 g/mol. The second-order valence-electron chi connectivity index (χ2n) is 4.36. The van der Waals surface area contributed by atoms with Crippen LogP contribution in [0.4, 0.5) is 10.1 Å². The lowest BCUT2D eigenvalue weighted by Crippen LogP contribution is -2.13. The highest BCUT2D eigenvalue weighted by Crippen LogP contribution is 2.20. The highest BCUT2D eigenvalue weighted by molar-refractivity contribution is 6.32. The van der Waals surface area contributed by atoms with Crippen LogP contribution in [0.15, 0.2) is 36.5 Å². The normalized spacial score (nSPS) is 10.2. The first-order valence-electron chi connectivity index (χ1n) is 6.33. The van der Waals surface area contributed by atoms with Crippen molar-refractivity contribution in [2.45, 2.75) is 12.8 Å². The Labute approximate surface area is 126 Å². The SMILES string of the molecule is COc1ccc(CCC(=O)Nc2cccnc2Cl)cc1F. The van der Waals surface area contributed by atoms with Crippen LogP contribution in [0.3, 0.4) is 0 Å². The van der Waals surface area contributed by atoms with Gasteiger partial charge < -0.3 is 10.1 Å². The molecular formula is C15H14ClFN2O2. The molecule has 1 heterocycles. The molecule has 110 valence electrons. The molecule has 1 amide bonds. The second-order valence-corrected chi connectivity index (χ2v) is 4.72. The predicted molar refractivity (Wildman–Crippen MR) is 79.1 cm³/mol. The van der Waals surface area contributed by atoms with Gasteiger partial charge in [0.1, 0.15) is 0 Å². The number of carbonyl (C=O) groups is 1. The van der Waals surface area contributed by atoms with Crippen molar-refractivity contribution in [3.05, 3.63) is 53.1 Å². The molecule has 0 spiro atoms. The molecule has 0 aliphatic rings. The molecule has 0 aliphatic heterocycles. The molecule has 2 aromatic rings. The zero-order valence-corrected chi connectivity index (χ0v) is 12.2. The van der Waals surface area contributed by atoms with E-state index in [1.807, 2.05) is 0 Å². The summed E-state index contributed by atoms with van der Waals surface area (Å²) in [4.78, 5) is 15.7. The third-order valence-electron chi connectivity index (χ3n) is 2.89. The van der Waals surface area contributed by atoms with Gasteiger partial charge in [0.05, 0.1) is 12.8 Å². The number of nitrogens with one attached hydrogen (secondary N) is 1. The number of carbonyl (C=O) groups excluding carboxylic acids is 1. The fraction of sp³-hybridized carbons (Fsp3) is 0.200. The smallest absolute Gasteiger partial charge is 0.224 e. The molecule has 2 rings (SSSR count). The summed E-state index contributed by atoms with van der Waals surface area (Å²) in [6.07, 6.45) is 2.18. The van der Waals surface area contributed by atoms with E-state index in [2.05, 4.69) is 10.3 Å². The van der Waals surface area contributed by atoms with Crippen molar-refractivity contribution in [2.75, 3.05) is 12.4 Å². The second kappa shape index (κ2) is 7.04. The Morgan fingerprint density at radius 3 is 2.90 bits per heavy atom. The van der Waals surface area contributed by atoms with Crippen molar-refractivity contribution in [3.63, 3.8) is 0 Å². The minimum atomic E-state index is -0.439. The maximum atomic E-state index is 13.5. The largest absolute Gasteiger partial charge is 0.494 e. The van der Waals surface area contributed by atoms with E-state index in [4.69, 9.17) is 16.3 Å². The van der Waals surface area contributed by atoms with Gasteiger partial charge in [0.25, 0.3) is 0 Å². The van der Waals surface area contributed by atoms with Crippen molar-refractivity contribution in [3.8, 4) is 5.75 Å². The number of halogens is 2. The minimum Gasteiger partial charge on any atom is -0.494 e. The standard InChI is InChI=1S/C15H14ClFN2O2/c1-21-13-6-4-10(9-11(13)17)5-7-14(20)19-12-3-2-8-18-15(12)16/h2-4,6,8-9H,5,7H2,1H3,(H,19,20). The molecule has 1 aromatic heterocycles. The van der Waals surface area contributed by atoms with Crippen molar-refractivity contribution >= 4 is 23.2 Å². The monoisotopic (exact) mass is 308 g/mol. The number of anilines is 1. The van der Waals surface area contributed by atoms with E-state index in [0.29, 0.717) is 12.1 Å². The Kier molecular flexibility index (Phi) is 5.11. The van der Waals surface area contributed by atoms with E-state index >= 15 is 0 Å². The molecule has 0 saturated heterocycles. The molecule has 0 atom stereocenters. The highest BCUT2D eigenvalue weighted by Gasteiger charge is 2.08. The van der Waals surface area contributed by atoms with Crippen LogP contribution in [-0.4, -0.2) is 18.0 Å². The topological polar surface area (TPSA) is 51.2 Å². The van der Waals surface area contributed by atoms with Crippen LogP contribution in [-0.2, 0) is 11.2 Å². The molecule has 21 heavy (non-hydrogen) atoms. The van der Waals surface area contributed by atoms with Crippen LogP contribution >= 0.6 is 11.6 Å². The summed E-state index contributed by atoms with van der Waals surface area (Å²) >= 11 is 5.85. The number of aromatic nitrogens is 1. The van der Waals surface area contributed by atoms with Gasteiger partial charge in [-0.3, -0.25) is 4.79 Å². The van der Waals surface area contributed by atoms with Gasteiger partial charge in [-0.05, 0) is 36.2 Å². The number of pyridine rings is 1. The molecule has 0 aliphatic carbocycles. The number of hydrogen-bond donors (Lipinski definition) is 1. The fourth-order valence-electron chi connectivity index (χ4n) is 1.82. The van der Waals surface area contributed by atoms with E-state index < -0.39 is 5.82 Å². The third kappa shape index (κ3) is 4.16. The zero-order valence-electron chi connectivity index (χ0n) is 11.4. The van der Waals surface area contributed by atoms with Gasteiger partial charge in [-0.15, -0.1) is 0 Å². The van der Waals surface area contributed by atoms with Gasteiger partial charge in [-0.25, -0.2) is 9.37 Å². The average Bonchev–Trinajstić information content (AvgIpc) is 2.48. The van der Waals surface area contributed by atoms with Crippen LogP contribution in [0.1, 0.15) is 12.0 Å². The predicted octanol–water partition coefficient (Wildman–Crippen LogP) is 3.45. The summed E-state index contributed by atoms with van der Waals surface area (Å²) in [6.45, 7) is 0. The van der Waals surface area contributed by atoms with E-state index in [1.165, 1.54) is 19.4 Å². The summed E-state index contributed by atoms with van der Waals surface area (Å²) in [7, 11) is 1.41. The summed E-state index contributed by atoms with van der Waals surface area (Å²) in [5.41, 5.74) is 1.19. The summed E-state index contributed by atoms with van der Waals surface area (Å²) < 4.78 is 18.4. The van der Waals surface area contributed by atoms with Crippen LogP contribution < -0.4 is 10.1 Å². The number of hydrogen-bond acceptors (Lipinski definition) is 3. The lowest BCUT2D eigenvalue weighted by Gasteiger charge is -2.07. The fourth-order valence-corrected chi connectivity index (χ4v) is 1.98. The first-order chi connectivity index (χ1) is 10.1. The Balaban J connectivity index is 1.92. The maximum absolute atomic E-state index is 13.5. The number of ether oxygens (including phenoxy) is 1. The van der Waals surface area contributed by atoms with Gasteiger partial charge in [0.15, 0.2) is 16.7 Å². The van der Waals surface area contributed by atoms with Crippen molar-refractivity contribution in [1.82, 2.24) is 4.98 Å². The van der Waals surface area contributed by atoms with Gasteiger partial charge in [0.2, 0.25) is 5.91 Å². The number of nitrogens with zero attached hydrogens (tertiary/aromatic N) is 1. The summed E-state index contributed by atoms with van der Waals surface area (Å²) in [5.74, 6) is -0.461. The molecule has 6 heteroatoms. The lowest BCUT2D eigenvalue weighted by molar-refractivity contribution is -0.116. The molecule has 0 fully saturated rings. The Morgan fingerprint density at radius 2 is 2.24 bits per heavy atom. The van der Waals surface area contributed by atoms with Crippen molar-refractivity contribution in [1.29, 1.82) is 0 Å². The van der Waals surface area contributed by atoms with Crippen LogP contribution in [0.2, 0.25) is 5.15 Å². The van der Waals surface area contributed by atoms with Gasteiger partial charge >= 0.3 is 0 Å². The number of amides is 1. The highest BCUT2D eigenvalue weighted by atomic mass is 35.5. The molecule has 1 N–H and O–H groups in total. The number of rotatable bonds is 5.